The predicted molar refractivity (Wildman–Crippen MR) is 72.6 cm³/mol. The van der Waals surface area contributed by atoms with Crippen molar-refractivity contribution in [1.82, 2.24) is 0 Å². The first-order valence-corrected chi connectivity index (χ1v) is 6.32. The average molecular weight is 315 g/mol. The first-order chi connectivity index (χ1) is 8.49. The number of carbonyl (C=O) groups excluding carboxylic acids is 1. The van der Waals surface area contributed by atoms with Crippen molar-refractivity contribution in [3.05, 3.63) is 28.2 Å². The van der Waals surface area contributed by atoms with Crippen molar-refractivity contribution in [3.63, 3.8) is 0 Å². The maximum absolute atomic E-state index is 11.9. The molecule has 0 heterocycles. The number of anilines is 1. The van der Waals surface area contributed by atoms with Gasteiger partial charge in [-0.1, -0.05) is 22.9 Å². The summed E-state index contributed by atoms with van der Waals surface area (Å²) in [6.07, 6.45) is 0.610. The minimum atomic E-state index is -1.08. The lowest BCUT2D eigenvalue weighted by Gasteiger charge is -2.14. The summed E-state index contributed by atoms with van der Waals surface area (Å²) in [5, 5.41) is 11.6. The molecule has 98 valence electrons. The molecule has 18 heavy (non-hydrogen) atoms. The smallest absolute Gasteiger partial charge is 0.337 e. The minimum absolute atomic E-state index is 0.0541. The second kappa shape index (κ2) is 6.51. The van der Waals surface area contributed by atoms with E-state index in [-0.39, 0.29) is 29.6 Å². The molecule has 0 aliphatic rings. The van der Waals surface area contributed by atoms with E-state index in [1.165, 1.54) is 6.07 Å². The van der Waals surface area contributed by atoms with Crippen LogP contribution < -0.4 is 11.1 Å². The summed E-state index contributed by atoms with van der Waals surface area (Å²) in [6.45, 7) is 2.09. The number of benzene rings is 1. The summed E-state index contributed by atoms with van der Waals surface area (Å²) in [7, 11) is 0. The van der Waals surface area contributed by atoms with Gasteiger partial charge >= 0.3 is 5.97 Å². The second-order valence-electron chi connectivity index (χ2n) is 3.83. The van der Waals surface area contributed by atoms with Crippen LogP contribution in [0.2, 0.25) is 0 Å². The van der Waals surface area contributed by atoms with Gasteiger partial charge in [0.05, 0.1) is 17.2 Å². The molecule has 0 spiro atoms. The normalized spacial score (nSPS) is 11.9. The van der Waals surface area contributed by atoms with Crippen molar-refractivity contribution in [2.45, 2.75) is 13.3 Å². The van der Waals surface area contributed by atoms with Crippen molar-refractivity contribution in [1.29, 1.82) is 0 Å². The molecule has 1 rings (SSSR count). The monoisotopic (exact) mass is 314 g/mol. The molecule has 0 bridgehead atoms. The van der Waals surface area contributed by atoms with Crippen LogP contribution in [0.25, 0.3) is 0 Å². The van der Waals surface area contributed by atoms with Crippen LogP contribution in [0.4, 0.5) is 5.69 Å². The van der Waals surface area contributed by atoms with E-state index in [4.69, 9.17) is 10.8 Å². The lowest BCUT2D eigenvalue weighted by Crippen LogP contribution is -2.29. The number of aromatic carboxylic acids is 1. The van der Waals surface area contributed by atoms with Crippen LogP contribution in [0.1, 0.15) is 23.7 Å². The Morgan fingerprint density at radius 3 is 2.67 bits per heavy atom. The Kier molecular flexibility index (Phi) is 5.30. The van der Waals surface area contributed by atoms with E-state index in [1.807, 2.05) is 6.92 Å². The topological polar surface area (TPSA) is 92.4 Å². The molecular formula is C12H15BrN2O3. The Morgan fingerprint density at radius 2 is 2.17 bits per heavy atom. The zero-order chi connectivity index (χ0) is 13.7. The number of carboxylic acids is 1. The van der Waals surface area contributed by atoms with Crippen LogP contribution in [-0.4, -0.2) is 23.5 Å². The molecule has 0 saturated heterocycles. The number of carboxylic acid groups (broad SMARTS) is 1. The molecule has 6 heteroatoms. The number of rotatable bonds is 5. The molecule has 0 fully saturated rings. The summed E-state index contributed by atoms with van der Waals surface area (Å²) in [4.78, 5) is 22.9. The quantitative estimate of drug-likeness (QED) is 0.775. The van der Waals surface area contributed by atoms with Crippen molar-refractivity contribution in [2.24, 2.45) is 11.7 Å². The Labute approximate surface area is 113 Å². The van der Waals surface area contributed by atoms with Gasteiger partial charge in [-0.25, -0.2) is 4.79 Å². The number of hydrogen-bond donors (Lipinski definition) is 3. The first-order valence-electron chi connectivity index (χ1n) is 5.53. The molecule has 4 N–H and O–H groups in total. The average Bonchev–Trinajstić information content (AvgIpc) is 2.30. The highest BCUT2D eigenvalue weighted by atomic mass is 79.9. The summed E-state index contributed by atoms with van der Waals surface area (Å²) < 4.78 is 0.698. The van der Waals surface area contributed by atoms with Crippen molar-refractivity contribution >= 4 is 33.5 Å². The highest BCUT2D eigenvalue weighted by Gasteiger charge is 2.18. The van der Waals surface area contributed by atoms with E-state index in [0.29, 0.717) is 10.9 Å². The number of carbonyl (C=O) groups is 2. The molecule has 5 nitrogen and oxygen atoms in total. The van der Waals surface area contributed by atoms with E-state index in [2.05, 4.69) is 21.2 Å². The maximum Gasteiger partial charge on any atom is 0.337 e. The fourth-order valence-corrected chi connectivity index (χ4v) is 1.86. The number of nitrogens with two attached hydrogens (primary N) is 1. The van der Waals surface area contributed by atoms with Gasteiger partial charge in [-0.2, -0.15) is 0 Å². The van der Waals surface area contributed by atoms with E-state index in [0.717, 1.165) is 0 Å². The van der Waals surface area contributed by atoms with E-state index in [1.54, 1.807) is 12.1 Å². The SMILES string of the molecule is CCC(CN)C(=O)Nc1cc(Br)ccc1C(=O)O. The highest BCUT2D eigenvalue weighted by Crippen LogP contribution is 2.22. The summed E-state index contributed by atoms with van der Waals surface area (Å²) in [5.41, 5.74) is 5.81. The van der Waals surface area contributed by atoms with Gasteiger partial charge in [-0.3, -0.25) is 4.79 Å². The lowest BCUT2D eigenvalue weighted by atomic mass is 10.1. The molecule has 0 aliphatic carbocycles. The van der Waals surface area contributed by atoms with E-state index in [9.17, 15) is 9.59 Å². The number of amides is 1. The molecule has 1 amide bonds. The number of hydrogen-bond acceptors (Lipinski definition) is 3. The van der Waals surface area contributed by atoms with Crippen LogP contribution in [0, 0.1) is 5.92 Å². The fourth-order valence-electron chi connectivity index (χ4n) is 1.50. The van der Waals surface area contributed by atoms with Crippen LogP contribution in [0.5, 0.6) is 0 Å². The molecule has 1 unspecified atom stereocenters. The van der Waals surface area contributed by atoms with Gasteiger partial charge in [-0.15, -0.1) is 0 Å². The third-order valence-electron chi connectivity index (χ3n) is 2.62. The van der Waals surface area contributed by atoms with Gasteiger partial charge in [-0.05, 0) is 24.6 Å². The van der Waals surface area contributed by atoms with Gasteiger partial charge in [0.2, 0.25) is 5.91 Å². The minimum Gasteiger partial charge on any atom is -0.478 e. The van der Waals surface area contributed by atoms with Gasteiger partial charge in [0.15, 0.2) is 0 Å². The largest absolute Gasteiger partial charge is 0.478 e. The van der Waals surface area contributed by atoms with Gasteiger partial charge in [0.1, 0.15) is 0 Å². The summed E-state index contributed by atoms with van der Waals surface area (Å²) in [5.74, 6) is -1.66. The van der Waals surface area contributed by atoms with Crippen molar-refractivity contribution in [3.8, 4) is 0 Å². The third-order valence-corrected chi connectivity index (χ3v) is 3.11. The number of nitrogens with one attached hydrogen (secondary N) is 1. The highest BCUT2D eigenvalue weighted by molar-refractivity contribution is 9.10. The molecule has 0 saturated carbocycles. The Morgan fingerprint density at radius 1 is 1.50 bits per heavy atom. The van der Waals surface area contributed by atoms with E-state index >= 15 is 0 Å². The summed E-state index contributed by atoms with van der Waals surface area (Å²) in [6, 6.07) is 4.61. The predicted octanol–water partition coefficient (Wildman–Crippen LogP) is 2.07. The first kappa shape index (κ1) is 14.7. The zero-order valence-electron chi connectivity index (χ0n) is 9.94. The Bertz CT molecular complexity index is 459. The van der Waals surface area contributed by atoms with Crippen LogP contribution in [-0.2, 0) is 4.79 Å². The molecule has 0 aromatic heterocycles. The molecule has 1 atom stereocenters. The zero-order valence-corrected chi connectivity index (χ0v) is 11.5. The molecule has 1 aromatic carbocycles. The lowest BCUT2D eigenvalue weighted by molar-refractivity contribution is -0.119. The van der Waals surface area contributed by atoms with Crippen LogP contribution in [0.3, 0.4) is 0 Å². The molecule has 0 aliphatic heterocycles. The summed E-state index contributed by atoms with van der Waals surface area (Å²) >= 11 is 3.24. The molecule has 0 radical (unpaired) electrons. The van der Waals surface area contributed by atoms with Gasteiger partial charge in [0, 0.05) is 11.0 Å². The van der Waals surface area contributed by atoms with E-state index < -0.39 is 5.97 Å². The van der Waals surface area contributed by atoms with Crippen molar-refractivity contribution in [2.75, 3.05) is 11.9 Å². The van der Waals surface area contributed by atoms with Crippen LogP contribution in [0.15, 0.2) is 22.7 Å². The van der Waals surface area contributed by atoms with Crippen molar-refractivity contribution < 1.29 is 14.7 Å². The van der Waals surface area contributed by atoms with Crippen LogP contribution >= 0.6 is 15.9 Å². The second-order valence-corrected chi connectivity index (χ2v) is 4.74. The fraction of sp³-hybridized carbons (Fsp3) is 0.333. The van der Waals surface area contributed by atoms with Gasteiger partial charge in [0.25, 0.3) is 0 Å². The Balaban J connectivity index is 2.99. The Hall–Kier alpha value is -1.40. The standard InChI is InChI=1S/C12H15BrN2O3/c1-2-7(6-14)11(16)15-10-5-8(13)3-4-9(10)12(17)18/h3-5,7H,2,6,14H2,1H3,(H,15,16)(H,17,18). The molecule has 1 aromatic rings. The van der Waals surface area contributed by atoms with Gasteiger partial charge < -0.3 is 16.2 Å². The number of halogens is 1. The third kappa shape index (κ3) is 3.54. The molecular weight excluding hydrogens is 300 g/mol. The maximum atomic E-state index is 11.9.